The number of carbonyl (C=O) groups is 3. The molecule has 2 fully saturated rings. The van der Waals surface area contributed by atoms with Gasteiger partial charge in [-0.05, 0) is 45.3 Å². The Morgan fingerprint density at radius 3 is 2.55 bits per heavy atom. The minimum atomic E-state index is -0.995. The highest BCUT2D eigenvalue weighted by Crippen LogP contribution is 2.53. The molecule has 3 aliphatic rings. The summed E-state index contributed by atoms with van der Waals surface area (Å²) < 4.78 is 17.3. The second kappa shape index (κ2) is 7.59. The van der Waals surface area contributed by atoms with E-state index in [1.54, 1.807) is 33.8 Å². The lowest BCUT2D eigenvalue weighted by molar-refractivity contribution is -0.168. The van der Waals surface area contributed by atoms with Crippen molar-refractivity contribution in [3.05, 3.63) is 22.8 Å². The van der Waals surface area contributed by atoms with Crippen LogP contribution in [0.25, 0.3) is 0 Å². The largest absolute Gasteiger partial charge is 0.459 e. The zero-order valence-electron chi connectivity index (χ0n) is 17.9. The summed E-state index contributed by atoms with van der Waals surface area (Å²) in [4.78, 5) is 36.9. The minimum absolute atomic E-state index is 0.228. The second-order valence-corrected chi connectivity index (χ2v) is 8.69. The van der Waals surface area contributed by atoms with Crippen LogP contribution in [0.3, 0.4) is 0 Å². The number of esters is 3. The SMILES string of the molecule is C/C=C(/C)C(=O)O[C@H]1C[C@](C)(OC(C)=O)[C@H]2C[C@H](O)C(C)=C2[C@@H]2OC(=O)[C@H](C)[C@H]12. The highest BCUT2D eigenvalue weighted by molar-refractivity contribution is 5.88. The number of hydrogen-bond acceptors (Lipinski definition) is 7. The third kappa shape index (κ3) is 3.61. The molecule has 0 bridgehead atoms. The number of allylic oxidation sites excluding steroid dienone is 1. The zero-order chi connectivity index (χ0) is 21.7. The first-order valence-electron chi connectivity index (χ1n) is 10.1. The van der Waals surface area contributed by atoms with Gasteiger partial charge in [0.2, 0.25) is 0 Å². The molecule has 7 heteroatoms. The summed E-state index contributed by atoms with van der Waals surface area (Å²) in [5, 5.41) is 10.5. The molecule has 7 atom stereocenters. The van der Waals surface area contributed by atoms with Crippen LogP contribution in [-0.4, -0.2) is 46.9 Å². The Balaban J connectivity index is 2.11. The topological polar surface area (TPSA) is 99.1 Å². The van der Waals surface area contributed by atoms with Crippen LogP contribution in [0, 0.1) is 17.8 Å². The third-order valence-corrected chi connectivity index (χ3v) is 6.80. The molecule has 1 aliphatic heterocycles. The Morgan fingerprint density at radius 1 is 1.31 bits per heavy atom. The van der Waals surface area contributed by atoms with Crippen molar-refractivity contribution >= 4 is 17.9 Å². The van der Waals surface area contributed by atoms with E-state index in [-0.39, 0.29) is 18.3 Å². The van der Waals surface area contributed by atoms with Gasteiger partial charge in [-0.3, -0.25) is 9.59 Å². The smallest absolute Gasteiger partial charge is 0.333 e. The molecule has 0 aromatic heterocycles. The first-order valence-corrected chi connectivity index (χ1v) is 10.1. The van der Waals surface area contributed by atoms with E-state index < -0.39 is 47.7 Å². The van der Waals surface area contributed by atoms with Crippen LogP contribution in [0.2, 0.25) is 0 Å². The molecule has 0 unspecified atom stereocenters. The molecular weight excluding hydrogens is 376 g/mol. The van der Waals surface area contributed by atoms with E-state index in [0.717, 1.165) is 11.1 Å². The second-order valence-electron chi connectivity index (χ2n) is 8.69. The van der Waals surface area contributed by atoms with Gasteiger partial charge in [0.1, 0.15) is 17.8 Å². The molecule has 1 heterocycles. The summed E-state index contributed by atoms with van der Waals surface area (Å²) in [5.74, 6) is -2.48. The molecule has 0 aromatic rings. The summed E-state index contributed by atoms with van der Waals surface area (Å²) >= 11 is 0. The molecule has 2 aliphatic carbocycles. The van der Waals surface area contributed by atoms with Crippen LogP contribution >= 0.6 is 0 Å². The Hall–Kier alpha value is -2.15. The minimum Gasteiger partial charge on any atom is -0.459 e. The molecule has 3 rings (SSSR count). The predicted molar refractivity (Wildman–Crippen MR) is 103 cm³/mol. The number of aliphatic hydroxyl groups is 1. The highest BCUT2D eigenvalue weighted by Gasteiger charge is 2.60. The number of fused-ring (bicyclic) bond motifs is 3. The van der Waals surface area contributed by atoms with E-state index in [0.29, 0.717) is 12.0 Å². The van der Waals surface area contributed by atoms with Gasteiger partial charge in [0, 0.05) is 24.8 Å². The van der Waals surface area contributed by atoms with Gasteiger partial charge >= 0.3 is 17.9 Å². The average Bonchev–Trinajstić information content (AvgIpc) is 3.06. The van der Waals surface area contributed by atoms with Crippen LogP contribution in [0.5, 0.6) is 0 Å². The molecule has 0 spiro atoms. The van der Waals surface area contributed by atoms with Crippen molar-refractivity contribution < 1.29 is 33.7 Å². The lowest BCUT2D eigenvalue weighted by Crippen LogP contribution is -2.43. The molecule has 0 aromatic carbocycles. The first kappa shape index (κ1) is 21.6. The van der Waals surface area contributed by atoms with Gasteiger partial charge in [-0.15, -0.1) is 0 Å². The fraction of sp³-hybridized carbons (Fsp3) is 0.682. The van der Waals surface area contributed by atoms with Gasteiger partial charge in [0.15, 0.2) is 0 Å². The van der Waals surface area contributed by atoms with E-state index in [9.17, 15) is 19.5 Å². The van der Waals surface area contributed by atoms with Crippen molar-refractivity contribution in [3.63, 3.8) is 0 Å². The summed E-state index contributed by atoms with van der Waals surface area (Å²) in [6.45, 7) is 10.1. The van der Waals surface area contributed by atoms with Gasteiger partial charge in [0.25, 0.3) is 0 Å². The normalized spacial score (nSPS) is 39.4. The van der Waals surface area contributed by atoms with Crippen LogP contribution in [0.15, 0.2) is 22.8 Å². The molecule has 1 saturated carbocycles. The summed E-state index contributed by atoms with van der Waals surface area (Å²) in [5.41, 5.74) is 1.00. The molecule has 1 saturated heterocycles. The Labute approximate surface area is 171 Å². The molecule has 29 heavy (non-hydrogen) atoms. The summed E-state index contributed by atoms with van der Waals surface area (Å²) in [6.07, 6.45) is 0.293. The van der Waals surface area contributed by atoms with E-state index >= 15 is 0 Å². The number of carbonyl (C=O) groups excluding carboxylic acids is 3. The maximum atomic E-state index is 12.6. The van der Waals surface area contributed by atoms with Crippen molar-refractivity contribution in [1.29, 1.82) is 0 Å². The van der Waals surface area contributed by atoms with Gasteiger partial charge < -0.3 is 19.3 Å². The Kier molecular flexibility index (Phi) is 5.64. The van der Waals surface area contributed by atoms with Crippen molar-refractivity contribution in [3.8, 4) is 0 Å². The highest BCUT2D eigenvalue weighted by atomic mass is 16.6. The molecule has 0 radical (unpaired) electrons. The molecule has 1 N–H and O–H groups in total. The zero-order valence-corrected chi connectivity index (χ0v) is 17.9. The van der Waals surface area contributed by atoms with Gasteiger partial charge in [-0.2, -0.15) is 0 Å². The quantitative estimate of drug-likeness (QED) is 0.333. The van der Waals surface area contributed by atoms with Gasteiger partial charge in [-0.1, -0.05) is 13.0 Å². The standard InChI is InChI=1S/C22H30O7/c1-7-10(2)20(25)27-16-9-22(6,29-13(5)23)14-8-15(24)11(3)17(14)19-18(16)12(4)21(26)28-19/h7,12,14-16,18-19,24H,8-9H2,1-6H3/b10-7-/t12-,14+,15+,16+,18-,19+,22+/m1/s1. The van der Waals surface area contributed by atoms with E-state index in [1.165, 1.54) is 6.92 Å². The van der Waals surface area contributed by atoms with Crippen molar-refractivity contribution in [2.75, 3.05) is 0 Å². The summed E-state index contributed by atoms with van der Waals surface area (Å²) in [7, 11) is 0. The maximum absolute atomic E-state index is 12.6. The first-order chi connectivity index (χ1) is 13.5. The van der Waals surface area contributed by atoms with Crippen molar-refractivity contribution in [1.82, 2.24) is 0 Å². The van der Waals surface area contributed by atoms with Crippen LogP contribution in [0.4, 0.5) is 0 Å². The molecule has 7 nitrogen and oxygen atoms in total. The third-order valence-electron chi connectivity index (χ3n) is 6.80. The predicted octanol–water partition coefficient (Wildman–Crippen LogP) is 2.46. The fourth-order valence-electron chi connectivity index (χ4n) is 5.10. The van der Waals surface area contributed by atoms with E-state index in [2.05, 4.69) is 0 Å². The number of hydrogen-bond donors (Lipinski definition) is 1. The van der Waals surface area contributed by atoms with Crippen LogP contribution in [0.1, 0.15) is 54.4 Å². The van der Waals surface area contributed by atoms with Crippen LogP contribution in [-0.2, 0) is 28.6 Å². The monoisotopic (exact) mass is 406 g/mol. The lowest BCUT2D eigenvalue weighted by Gasteiger charge is -2.37. The van der Waals surface area contributed by atoms with E-state index in [4.69, 9.17) is 14.2 Å². The number of ether oxygens (including phenoxy) is 3. The number of aliphatic hydroxyl groups excluding tert-OH is 1. The van der Waals surface area contributed by atoms with Gasteiger partial charge in [-0.25, -0.2) is 4.79 Å². The Morgan fingerprint density at radius 2 is 1.97 bits per heavy atom. The van der Waals surface area contributed by atoms with Crippen molar-refractivity contribution in [2.45, 2.75) is 78.3 Å². The van der Waals surface area contributed by atoms with E-state index in [1.807, 2.05) is 6.92 Å². The molecular formula is C22H30O7. The van der Waals surface area contributed by atoms with Crippen molar-refractivity contribution in [2.24, 2.45) is 17.8 Å². The maximum Gasteiger partial charge on any atom is 0.333 e. The fourth-order valence-corrected chi connectivity index (χ4v) is 5.10. The van der Waals surface area contributed by atoms with Gasteiger partial charge in [0.05, 0.1) is 17.9 Å². The van der Waals surface area contributed by atoms with Crippen LogP contribution < -0.4 is 0 Å². The average molecular weight is 406 g/mol. The Bertz CT molecular complexity index is 795. The lowest BCUT2D eigenvalue weighted by atomic mass is 9.81. The summed E-state index contributed by atoms with van der Waals surface area (Å²) in [6, 6.07) is 0. The number of rotatable bonds is 3. The molecule has 0 amide bonds. The molecule has 160 valence electrons.